The summed E-state index contributed by atoms with van der Waals surface area (Å²) in [5, 5.41) is 10.0. The maximum Gasteiger partial charge on any atom is 0.353 e. The van der Waals surface area contributed by atoms with Gasteiger partial charge in [0.05, 0.1) is 11.1 Å². The Morgan fingerprint density at radius 1 is 1.07 bits per heavy atom. The molecule has 1 saturated heterocycles. The normalized spacial score (nSPS) is 23.5. The Kier molecular flexibility index (Phi) is 9.54. The molecular weight excluding hydrogens is 556 g/mol. The van der Waals surface area contributed by atoms with Gasteiger partial charge in [0, 0.05) is 41.7 Å². The first-order valence-electron chi connectivity index (χ1n) is 13.5. The summed E-state index contributed by atoms with van der Waals surface area (Å²) in [6.07, 6.45) is 3.52. The zero-order chi connectivity index (χ0) is 27.7. The van der Waals surface area contributed by atoms with Crippen molar-refractivity contribution in [1.29, 1.82) is 0 Å². The highest BCUT2D eigenvalue weighted by atomic mass is 35.5. The third-order valence-corrected chi connectivity index (χ3v) is 8.93. The smallest absolute Gasteiger partial charge is 0.353 e. The predicted molar refractivity (Wildman–Crippen MR) is 155 cm³/mol. The molecule has 0 spiro atoms. The molecule has 3 atom stereocenters. The van der Waals surface area contributed by atoms with Crippen LogP contribution in [0.4, 0.5) is 4.39 Å². The molecule has 40 heavy (non-hydrogen) atoms. The average Bonchev–Trinajstić information content (AvgIpc) is 3.54. The molecule has 4 N–H and O–H groups in total. The zero-order valence-electron chi connectivity index (χ0n) is 22.0. The van der Waals surface area contributed by atoms with E-state index in [-0.39, 0.29) is 59.0 Å². The fourth-order valence-electron chi connectivity index (χ4n) is 6.41. The lowest BCUT2D eigenvalue weighted by Gasteiger charge is -2.35. The number of carbonyl (C=O) groups is 3. The number of aromatic nitrogens is 1. The van der Waals surface area contributed by atoms with Crippen LogP contribution >= 0.6 is 24.0 Å². The molecule has 0 radical (unpaired) electrons. The summed E-state index contributed by atoms with van der Waals surface area (Å²) < 4.78 is 13.1. The van der Waals surface area contributed by atoms with E-state index in [9.17, 15) is 23.9 Å². The molecule has 1 aromatic heterocycles. The highest BCUT2D eigenvalue weighted by molar-refractivity contribution is 6.38. The third-order valence-electron chi connectivity index (χ3n) is 8.54. The Balaban J connectivity index is 0.00000370. The number of nitrogens with two attached hydrogens (primary N) is 1. The number of hydrogen-bond donors (Lipinski definition) is 3. The van der Waals surface area contributed by atoms with Crippen molar-refractivity contribution < 1.29 is 23.9 Å². The van der Waals surface area contributed by atoms with Crippen LogP contribution in [0.15, 0.2) is 48.5 Å². The quantitative estimate of drug-likeness (QED) is 0.319. The van der Waals surface area contributed by atoms with Crippen LogP contribution < -0.4 is 5.73 Å². The highest BCUT2D eigenvalue weighted by Gasteiger charge is 2.44. The average molecular weight is 591 g/mol. The SMILES string of the molecule is Cl.N[C@H](CF)C1CCC(C(=O)N2CC[C@H](c3ccccc3)[C@H]2C(=O)Cc2ccc3[nH]c(C(=O)O)c(Cl)c3c2)CC1. The zero-order valence-corrected chi connectivity index (χ0v) is 23.6. The van der Waals surface area contributed by atoms with Crippen LogP contribution in [0.2, 0.25) is 5.02 Å². The highest BCUT2D eigenvalue weighted by Crippen LogP contribution is 2.39. The molecule has 5 rings (SSSR count). The number of aromatic amines is 1. The molecule has 3 aromatic rings. The van der Waals surface area contributed by atoms with Gasteiger partial charge in [-0.05, 0) is 61.3 Å². The van der Waals surface area contributed by atoms with Crippen molar-refractivity contribution in [2.75, 3.05) is 13.2 Å². The van der Waals surface area contributed by atoms with Crippen molar-refractivity contribution >= 4 is 52.6 Å². The van der Waals surface area contributed by atoms with E-state index >= 15 is 0 Å². The summed E-state index contributed by atoms with van der Waals surface area (Å²) in [7, 11) is 0. The van der Waals surface area contributed by atoms with Crippen LogP contribution in [0.5, 0.6) is 0 Å². The summed E-state index contributed by atoms with van der Waals surface area (Å²) in [6, 6.07) is 14.0. The molecule has 1 amide bonds. The molecule has 2 aromatic carbocycles. The monoisotopic (exact) mass is 589 g/mol. The van der Waals surface area contributed by atoms with Crippen molar-refractivity contribution in [3.63, 3.8) is 0 Å². The second-order valence-corrected chi connectivity index (χ2v) is 11.2. The number of likely N-dealkylation sites (tertiary alicyclic amines) is 1. The van der Waals surface area contributed by atoms with E-state index in [4.69, 9.17) is 17.3 Å². The van der Waals surface area contributed by atoms with Gasteiger partial charge in [-0.25, -0.2) is 9.18 Å². The van der Waals surface area contributed by atoms with Crippen LogP contribution in [0, 0.1) is 11.8 Å². The van der Waals surface area contributed by atoms with Crippen molar-refractivity contribution in [3.05, 3.63) is 70.4 Å². The topological polar surface area (TPSA) is 116 Å². The van der Waals surface area contributed by atoms with Crippen LogP contribution in [-0.2, 0) is 16.0 Å². The molecule has 10 heteroatoms. The standard InChI is InChI=1S/C30H33ClFN3O4.ClH/c31-26-22-14-17(6-11-24(22)34-27(26)30(38)39)15-25(36)28-21(18-4-2-1-3-5-18)12-13-35(28)29(37)20-9-7-19(8-10-20)23(33)16-32;/h1-6,11,14,19-21,23,28,34H,7-10,12-13,15-16,33H2,(H,38,39);1H/t19?,20?,21-,23-,28+;/m1./s1. The largest absolute Gasteiger partial charge is 0.477 e. The molecule has 0 unspecified atom stereocenters. The number of ketones is 1. The molecular formula is C30H34Cl2FN3O4. The van der Waals surface area contributed by atoms with Crippen molar-refractivity contribution in [3.8, 4) is 0 Å². The summed E-state index contributed by atoms with van der Waals surface area (Å²) in [6.45, 7) is -0.0501. The Morgan fingerprint density at radius 3 is 2.42 bits per heavy atom. The van der Waals surface area contributed by atoms with Crippen molar-refractivity contribution in [2.24, 2.45) is 17.6 Å². The number of aromatic carboxylic acids is 1. The van der Waals surface area contributed by atoms with E-state index in [1.165, 1.54) is 0 Å². The lowest BCUT2D eigenvalue weighted by molar-refractivity contribution is -0.142. The number of nitrogens with zero attached hydrogens (tertiary/aromatic N) is 1. The molecule has 0 bridgehead atoms. The minimum Gasteiger partial charge on any atom is -0.477 e. The number of H-pyrrole nitrogens is 1. The summed E-state index contributed by atoms with van der Waals surface area (Å²) >= 11 is 6.30. The number of carboxylic acids is 1. The number of amides is 1. The molecule has 214 valence electrons. The van der Waals surface area contributed by atoms with Crippen LogP contribution in [0.25, 0.3) is 10.9 Å². The molecule has 2 fully saturated rings. The number of Topliss-reactive ketones (excluding diaryl/α,β-unsaturated/α-hetero) is 1. The van der Waals surface area contributed by atoms with Gasteiger partial charge in [-0.1, -0.05) is 48.0 Å². The molecule has 1 saturated carbocycles. The molecule has 7 nitrogen and oxygen atoms in total. The Morgan fingerprint density at radius 2 is 1.77 bits per heavy atom. The summed E-state index contributed by atoms with van der Waals surface area (Å²) in [5.41, 5.74) is 8.14. The number of alkyl halides is 1. The fourth-order valence-corrected chi connectivity index (χ4v) is 6.70. The first-order valence-corrected chi connectivity index (χ1v) is 13.9. The summed E-state index contributed by atoms with van der Waals surface area (Å²) in [5.74, 6) is -1.44. The Bertz CT molecular complexity index is 1370. The van der Waals surface area contributed by atoms with Crippen molar-refractivity contribution in [2.45, 2.75) is 56.5 Å². The van der Waals surface area contributed by atoms with Gasteiger partial charge in [-0.15, -0.1) is 12.4 Å². The summed E-state index contributed by atoms with van der Waals surface area (Å²) in [4.78, 5) is 43.7. The first kappa shape index (κ1) is 30.0. The maximum atomic E-state index is 13.9. The van der Waals surface area contributed by atoms with E-state index in [1.54, 1.807) is 23.1 Å². The molecule has 2 heterocycles. The van der Waals surface area contributed by atoms with Gasteiger partial charge in [0.1, 0.15) is 12.4 Å². The minimum absolute atomic E-state index is 0. The van der Waals surface area contributed by atoms with Crippen molar-refractivity contribution in [1.82, 2.24) is 9.88 Å². The first-order chi connectivity index (χ1) is 18.8. The van der Waals surface area contributed by atoms with Crippen LogP contribution in [0.3, 0.4) is 0 Å². The lowest BCUT2D eigenvalue weighted by Crippen LogP contribution is -2.47. The van der Waals surface area contributed by atoms with Gasteiger partial charge < -0.3 is 20.7 Å². The van der Waals surface area contributed by atoms with Crippen LogP contribution in [0.1, 0.15) is 59.6 Å². The number of fused-ring (bicyclic) bond motifs is 1. The molecule has 1 aliphatic heterocycles. The molecule has 1 aliphatic carbocycles. The Labute approximate surface area is 243 Å². The maximum absolute atomic E-state index is 13.9. The number of carbonyl (C=O) groups excluding carboxylic acids is 2. The Hall–Kier alpha value is -2.94. The van der Waals surface area contributed by atoms with Gasteiger partial charge in [0.25, 0.3) is 0 Å². The number of hydrogen-bond acceptors (Lipinski definition) is 4. The second kappa shape index (κ2) is 12.7. The van der Waals surface area contributed by atoms with Gasteiger partial charge in [0.15, 0.2) is 5.78 Å². The van der Waals surface area contributed by atoms with Gasteiger partial charge >= 0.3 is 5.97 Å². The van der Waals surface area contributed by atoms with E-state index < -0.39 is 24.7 Å². The number of rotatable bonds is 8. The predicted octanol–water partition coefficient (Wildman–Crippen LogP) is 5.54. The van der Waals surface area contributed by atoms with E-state index in [1.807, 2.05) is 30.3 Å². The minimum atomic E-state index is -1.15. The second-order valence-electron chi connectivity index (χ2n) is 10.9. The fraction of sp³-hybridized carbons (Fsp3) is 0.433. The van der Waals surface area contributed by atoms with E-state index in [0.29, 0.717) is 55.1 Å². The van der Waals surface area contributed by atoms with Crippen LogP contribution in [-0.4, -0.2) is 58.0 Å². The van der Waals surface area contributed by atoms with Gasteiger partial charge in [-0.2, -0.15) is 0 Å². The van der Waals surface area contributed by atoms with Gasteiger partial charge in [0.2, 0.25) is 5.91 Å². The number of carboxylic acid groups (broad SMARTS) is 1. The number of halogens is 3. The lowest BCUT2D eigenvalue weighted by atomic mass is 9.78. The number of benzene rings is 2. The van der Waals surface area contributed by atoms with Gasteiger partial charge in [-0.3, -0.25) is 9.59 Å². The number of nitrogens with one attached hydrogen (secondary N) is 1. The van der Waals surface area contributed by atoms with E-state index in [0.717, 1.165) is 5.56 Å². The molecule has 2 aliphatic rings. The van der Waals surface area contributed by atoms with E-state index in [2.05, 4.69) is 4.98 Å². The third kappa shape index (κ3) is 5.90.